The average Bonchev–Trinajstić information content (AvgIpc) is 3.12. The molecule has 2 atom stereocenters. The maximum absolute atomic E-state index is 12.1. The fraction of sp³-hybridized carbons (Fsp3) is 0.923. The number of hydrogen-bond acceptors (Lipinski definition) is 4. The molecule has 102 valence electrons. The number of nitrogens with one attached hydrogen (secondary N) is 1. The Labute approximate surface area is 108 Å². The summed E-state index contributed by atoms with van der Waals surface area (Å²) in [7, 11) is 0. The number of piperidine rings is 1. The summed E-state index contributed by atoms with van der Waals surface area (Å²) in [5.41, 5.74) is 5.86. The van der Waals surface area contributed by atoms with Crippen molar-refractivity contribution in [1.29, 1.82) is 0 Å². The van der Waals surface area contributed by atoms with Crippen LogP contribution in [0.25, 0.3) is 0 Å². The number of rotatable bonds is 3. The first-order chi connectivity index (χ1) is 8.74. The minimum Gasteiger partial charge on any atom is -0.379 e. The standard InChI is InChI=1S/C13H23N3O2/c14-12-8-18-7-11(12)13(17)15-9-3-5-16(6-4-9)10-1-2-10/h9-12H,1-8,14H2,(H,15,17). The maximum Gasteiger partial charge on any atom is 0.227 e. The molecule has 2 heterocycles. The monoisotopic (exact) mass is 253 g/mol. The van der Waals surface area contributed by atoms with E-state index in [1.165, 1.54) is 12.8 Å². The fourth-order valence-corrected chi connectivity index (χ4v) is 3.00. The van der Waals surface area contributed by atoms with Crippen molar-refractivity contribution in [1.82, 2.24) is 10.2 Å². The highest BCUT2D eigenvalue weighted by molar-refractivity contribution is 5.80. The summed E-state index contributed by atoms with van der Waals surface area (Å²) in [5, 5.41) is 3.15. The molecule has 0 radical (unpaired) electrons. The lowest BCUT2D eigenvalue weighted by atomic mass is 10.0. The maximum atomic E-state index is 12.1. The van der Waals surface area contributed by atoms with Gasteiger partial charge >= 0.3 is 0 Å². The van der Waals surface area contributed by atoms with Gasteiger partial charge in [-0.1, -0.05) is 0 Å². The molecular weight excluding hydrogens is 230 g/mol. The fourth-order valence-electron chi connectivity index (χ4n) is 3.00. The topological polar surface area (TPSA) is 67.6 Å². The van der Waals surface area contributed by atoms with Crippen molar-refractivity contribution >= 4 is 5.91 Å². The van der Waals surface area contributed by atoms with E-state index in [0.717, 1.165) is 32.0 Å². The van der Waals surface area contributed by atoms with E-state index in [1.54, 1.807) is 0 Å². The predicted octanol–water partition coefficient (Wildman–Crippen LogP) is -0.297. The molecule has 0 aromatic heterocycles. The largest absolute Gasteiger partial charge is 0.379 e. The summed E-state index contributed by atoms with van der Waals surface area (Å²) in [6.07, 6.45) is 4.88. The third-order valence-corrected chi connectivity index (χ3v) is 4.40. The third kappa shape index (κ3) is 2.68. The van der Waals surface area contributed by atoms with E-state index in [1.807, 2.05) is 0 Å². The van der Waals surface area contributed by atoms with Gasteiger partial charge in [-0.3, -0.25) is 4.79 Å². The van der Waals surface area contributed by atoms with E-state index in [2.05, 4.69) is 10.2 Å². The number of likely N-dealkylation sites (tertiary alicyclic amines) is 1. The summed E-state index contributed by atoms with van der Waals surface area (Å²) < 4.78 is 5.24. The predicted molar refractivity (Wildman–Crippen MR) is 68.0 cm³/mol. The number of ether oxygens (including phenoxy) is 1. The molecule has 18 heavy (non-hydrogen) atoms. The second-order valence-corrected chi connectivity index (χ2v) is 5.86. The average molecular weight is 253 g/mol. The minimum absolute atomic E-state index is 0.0878. The molecule has 1 amide bonds. The number of nitrogens with two attached hydrogens (primary N) is 1. The Kier molecular flexibility index (Phi) is 3.54. The van der Waals surface area contributed by atoms with Gasteiger partial charge in [0.05, 0.1) is 19.1 Å². The van der Waals surface area contributed by atoms with Crippen LogP contribution in [0.15, 0.2) is 0 Å². The van der Waals surface area contributed by atoms with E-state index in [0.29, 0.717) is 19.3 Å². The van der Waals surface area contributed by atoms with Gasteiger partial charge in [-0.15, -0.1) is 0 Å². The van der Waals surface area contributed by atoms with Crippen LogP contribution >= 0.6 is 0 Å². The number of carbonyl (C=O) groups excluding carboxylic acids is 1. The Morgan fingerprint density at radius 2 is 1.89 bits per heavy atom. The molecule has 3 fully saturated rings. The van der Waals surface area contributed by atoms with Gasteiger partial charge in [-0.25, -0.2) is 0 Å². The second-order valence-electron chi connectivity index (χ2n) is 5.86. The van der Waals surface area contributed by atoms with Crippen LogP contribution in [0.1, 0.15) is 25.7 Å². The zero-order valence-electron chi connectivity index (χ0n) is 10.8. The Bertz CT molecular complexity index is 311. The SMILES string of the molecule is NC1COCC1C(=O)NC1CCN(C2CC2)CC1. The minimum atomic E-state index is -0.147. The molecule has 2 unspecified atom stereocenters. The number of nitrogens with zero attached hydrogens (tertiary/aromatic N) is 1. The molecule has 3 aliphatic rings. The second kappa shape index (κ2) is 5.15. The zero-order valence-corrected chi connectivity index (χ0v) is 10.8. The lowest BCUT2D eigenvalue weighted by Gasteiger charge is -2.33. The number of carbonyl (C=O) groups is 1. The highest BCUT2D eigenvalue weighted by Gasteiger charge is 2.35. The Morgan fingerprint density at radius 3 is 2.44 bits per heavy atom. The van der Waals surface area contributed by atoms with E-state index in [9.17, 15) is 4.79 Å². The molecule has 5 heteroatoms. The molecule has 1 saturated carbocycles. The van der Waals surface area contributed by atoms with Gasteiger partial charge in [0.2, 0.25) is 5.91 Å². The van der Waals surface area contributed by atoms with Crippen LogP contribution < -0.4 is 11.1 Å². The van der Waals surface area contributed by atoms with Crippen molar-refractivity contribution < 1.29 is 9.53 Å². The smallest absolute Gasteiger partial charge is 0.227 e. The van der Waals surface area contributed by atoms with Crippen LogP contribution in [0.5, 0.6) is 0 Å². The molecule has 5 nitrogen and oxygen atoms in total. The van der Waals surface area contributed by atoms with Gasteiger partial charge < -0.3 is 20.7 Å². The summed E-state index contributed by atoms with van der Waals surface area (Å²) >= 11 is 0. The van der Waals surface area contributed by atoms with Gasteiger partial charge in [0.15, 0.2) is 0 Å². The molecule has 3 N–H and O–H groups in total. The van der Waals surface area contributed by atoms with Gasteiger partial charge in [0, 0.05) is 31.2 Å². The van der Waals surface area contributed by atoms with Crippen molar-refractivity contribution in [2.24, 2.45) is 11.7 Å². The van der Waals surface area contributed by atoms with Gasteiger partial charge in [-0.05, 0) is 25.7 Å². The molecule has 2 aliphatic heterocycles. The number of hydrogen-bond donors (Lipinski definition) is 2. The lowest BCUT2D eigenvalue weighted by molar-refractivity contribution is -0.126. The Balaban J connectivity index is 1.44. The van der Waals surface area contributed by atoms with Gasteiger partial charge in [-0.2, -0.15) is 0 Å². The summed E-state index contributed by atoms with van der Waals surface area (Å²) in [4.78, 5) is 14.6. The summed E-state index contributed by atoms with van der Waals surface area (Å²) in [6, 6.07) is 1.05. The summed E-state index contributed by atoms with van der Waals surface area (Å²) in [5.74, 6) is -0.0590. The van der Waals surface area contributed by atoms with Gasteiger partial charge in [0.25, 0.3) is 0 Å². The molecule has 0 bridgehead atoms. The molecule has 0 spiro atoms. The van der Waals surface area contributed by atoms with Crippen LogP contribution in [0.4, 0.5) is 0 Å². The van der Waals surface area contributed by atoms with Crippen molar-refractivity contribution in [3.8, 4) is 0 Å². The quantitative estimate of drug-likeness (QED) is 0.725. The highest BCUT2D eigenvalue weighted by atomic mass is 16.5. The molecule has 2 saturated heterocycles. The van der Waals surface area contributed by atoms with Crippen molar-refractivity contribution in [2.45, 2.75) is 43.8 Å². The molecule has 0 aromatic carbocycles. The van der Waals surface area contributed by atoms with E-state index >= 15 is 0 Å². The Morgan fingerprint density at radius 1 is 1.17 bits per heavy atom. The van der Waals surface area contributed by atoms with Gasteiger partial charge in [0.1, 0.15) is 0 Å². The molecular formula is C13H23N3O2. The van der Waals surface area contributed by atoms with E-state index in [-0.39, 0.29) is 17.9 Å². The Hall–Kier alpha value is -0.650. The molecule has 1 aliphatic carbocycles. The number of amides is 1. The normalized spacial score (nSPS) is 34.7. The lowest BCUT2D eigenvalue weighted by Crippen LogP contribution is -2.49. The first-order valence-corrected chi connectivity index (χ1v) is 7.12. The van der Waals surface area contributed by atoms with Crippen molar-refractivity contribution in [3.05, 3.63) is 0 Å². The van der Waals surface area contributed by atoms with E-state index in [4.69, 9.17) is 10.5 Å². The highest BCUT2D eigenvalue weighted by Crippen LogP contribution is 2.29. The van der Waals surface area contributed by atoms with Crippen LogP contribution in [0, 0.1) is 5.92 Å². The van der Waals surface area contributed by atoms with E-state index < -0.39 is 0 Å². The van der Waals surface area contributed by atoms with Crippen LogP contribution in [-0.2, 0) is 9.53 Å². The van der Waals surface area contributed by atoms with Crippen LogP contribution in [-0.4, -0.2) is 55.2 Å². The van der Waals surface area contributed by atoms with Crippen molar-refractivity contribution in [3.63, 3.8) is 0 Å². The zero-order chi connectivity index (χ0) is 12.5. The van der Waals surface area contributed by atoms with Crippen LogP contribution in [0.3, 0.4) is 0 Å². The first-order valence-electron chi connectivity index (χ1n) is 7.12. The summed E-state index contributed by atoms with van der Waals surface area (Å²) in [6.45, 7) is 3.25. The molecule has 0 aromatic rings. The van der Waals surface area contributed by atoms with Crippen LogP contribution in [0.2, 0.25) is 0 Å². The molecule has 3 rings (SSSR count). The third-order valence-electron chi connectivity index (χ3n) is 4.40. The van der Waals surface area contributed by atoms with Crippen molar-refractivity contribution in [2.75, 3.05) is 26.3 Å². The first kappa shape index (κ1) is 12.4.